The summed E-state index contributed by atoms with van der Waals surface area (Å²) >= 11 is 0. The first-order valence-corrected chi connectivity index (χ1v) is 4.82. The Kier molecular flexibility index (Phi) is 2.21. The lowest BCUT2D eigenvalue weighted by atomic mass is 10.0. The van der Waals surface area contributed by atoms with Gasteiger partial charge in [0.25, 0.3) is 0 Å². The highest BCUT2D eigenvalue weighted by Gasteiger charge is 2.25. The largest absolute Gasteiger partial charge is 0.481 e. The average molecular weight is 178 g/mol. The molecule has 13 heavy (non-hydrogen) atoms. The van der Waals surface area contributed by atoms with Gasteiger partial charge in [-0.2, -0.15) is 0 Å². The number of hydrogen-bond acceptors (Lipinski definition) is 1. The number of hydrogen-bond donors (Lipinski definition) is 1. The number of aliphatic carboxylic acids is 1. The minimum Gasteiger partial charge on any atom is -0.481 e. The molecule has 0 aromatic rings. The molecule has 0 aromatic carbocycles. The molecule has 2 heteroatoms. The number of carboxylic acids is 1. The molecule has 0 saturated heterocycles. The van der Waals surface area contributed by atoms with E-state index in [4.69, 9.17) is 5.11 Å². The van der Waals surface area contributed by atoms with Gasteiger partial charge in [0.15, 0.2) is 0 Å². The summed E-state index contributed by atoms with van der Waals surface area (Å²) < 4.78 is 0. The zero-order valence-electron chi connectivity index (χ0n) is 7.62. The van der Waals surface area contributed by atoms with Crippen LogP contribution in [0.15, 0.2) is 23.3 Å². The molecule has 0 atom stereocenters. The third-order valence-corrected chi connectivity index (χ3v) is 2.93. The Balaban J connectivity index is 1.94. The average Bonchev–Trinajstić information content (AvgIpc) is 2.44. The van der Waals surface area contributed by atoms with Crippen molar-refractivity contribution >= 4 is 5.97 Å². The molecule has 2 aliphatic carbocycles. The first kappa shape index (κ1) is 8.54. The van der Waals surface area contributed by atoms with E-state index in [1.807, 2.05) is 0 Å². The predicted molar refractivity (Wildman–Crippen MR) is 50.4 cm³/mol. The summed E-state index contributed by atoms with van der Waals surface area (Å²) in [6.45, 7) is 0. The molecule has 0 saturated carbocycles. The van der Waals surface area contributed by atoms with E-state index in [0.717, 1.165) is 25.7 Å². The smallest absolute Gasteiger partial charge is 0.303 e. The van der Waals surface area contributed by atoms with Crippen LogP contribution < -0.4 is 0 Å². The van der Waals surface area contributed by atoms with Gasteiger partial charge in [-0.3, -0.25) is 4.79 Å². The number of carbonyl (C=O) groups is 1. The van der Waals surface area contributed by atoms with Gasteiger partial charge in [-0.1, -0.05) is 23.3 Å². The van der Waals surface area contributed by atoms with Crippen molar-refractivity contribution in [3.8, 4) is 0 Å². The first-order chi connectivity index (χ1) is 6.25. The topological polar surface area (TPSA) is 37.3 Å². The molecule has 0 aliphatic heterocycles. The molecule has 1 N–H and O–H groups in total. The van der Waals surface area contributed by atoms with Crippen LogP contribution in [0.4, 0.5) is 0 Å². The first-order valence-electron chi connectivity index (χ1n) is 4.82. The molecule has 0 bridgehead atoms. The van der Waals surface area contributed by atoms with Crippen molar-refractivity contribution in [1.29, 1.82) is 0 Å². The fourth-order valence-electron chi connectivity index (χ4n) is 2.36. The van der Waals surface area contributed by atoms with E-state index in [1.165, 1.54) is 11.1 Å². The van der Waals surface area contributed by atoms with Gasteiger partial charge in [0.05, 0.1) is 0 Å². The van der Waals surface area contributed by atoms with Gasteiger partial charge in [-0.15, -0.1) is 0 Å². The van der Waals surface area contributed by atoms with Gasteiger partial charge in [0.2, 0.25) is 0 Å². The minimum absolute atomic E-state index is 0.340. The van der Waals surface area contributed by atoms with Crippen LogP contribution in [0.5, 0.6) is 0 Å². The molecular weight excluding hydrogens is 164 g/mol. The van der Waals surface area contributed by atoms with Crippen molar-refractivity contribution in [2.45, 2.75) is 32.1 Å². The summed E-state index contributed by atoms with van der Waals surface area (Å²) in [5, 5.41) is 8.67. The van der Waals surface area contributed by atoms with Gasteiger partial charge in [-0.25, -0.2) is 0 Å². The second-order valence-electron chi connectivity index (χ2n) is 3.96. The van der Waals surface area contributed by atoms with Crippen LogP contribution in [0.3, 0.4) is 0 Å². The fourth-order valence-corrected chi connectivity index (χ4v) is 2.36. The van der Waals surface area contributed by atoms with E-state index in [1.54, 1.807) is 0 Å². The minimum atomic E-state index is -0.655. The van der Waals surface area contributed by atoms with Gasteiger partial charge < -0.3 is 5.11 Å². The third kappa shape index (κ3) is 1.82. The van der Waals surface area contributed by atoms with E-state index in [9.17, 15) is 4.79 Å². The van der Waals surface area contributed by atoms with Gasteiger partial charge in [0.1, 0.15) is 0 Å². The highest BCUT2D eigenvalue weighted by atomic mass is 16.4. The van der Waals surface area contributed by atoms with E-state index >= 15 is 0 Å². The van der Waals surface area contributed by atoms with Crippen molar-refractivity contribution in [3.05, 3.63) is 23.3 Å². The van der Waals surface area contributed by atoms with Gasteiger partial charge >= 0.3 is 5.97 Å². The van der Waals surface area contributed by atoms with E-state index in [2.05, 4.69) is 12.2 Å². The maximum absolute atomic E-state index is 10.5. The van der Waals surface area contributed by atoms with Crippen molar-refractivity contribution in [3.63, 3.8) is 0 Å². The number of rotatable bonds is 2. The standard InChI is InChI=1S/C11H14O2/c12-11(13)7-8-5-9-3-1-2-4-10(9)6-8/h1-2,8H,3-7H2,(H,12,13). The molecule has 0 fully saturated rings. The normalized spacial score (nSPS) is 22.2. The predicted octanol–water partition coefficient (Wildman–Crippen LogP) is 2.52. The zero-order valence-corrected chi connectivity index (χ0v) is 7.62. The lowest BCUT2D eigenvalue weighted by Crippen LogP contribution is -2.04. The molecular formula is C11H14O2. The Morgan fingerprint density at radius 1 is 1.31 bits per heavy atom. The molecule has 0 heterocycles. The molecule has 0 spiro atoms. The number of allylic oxidation sites excluding steroid dienone is 4. The SMILES string of the molecule is O=C(O)CC1CC2=C(CC=CC2)C1. The quantitative estimate of drug-likeness (QED) is 0.660. The Morgan fingerprint density at radius 3 is 2.31 bits per heavy atom. The second kappa shape index (κ2) is 3.36. The van der Waals surface area contributed by atoms with E-state index in [-0.39, 0.29) is 0 Å². The summed E-state index contributed by atoms with van der Waals surface area (Å²) in [6, 6.07) is 0. The van der Waals surface area contributed by atoms with Gasteiger partial charge in [-0.05, 0) is 31.6 Å². The highest BCUT2D eigenvalue weighted by Crippen LogP contribution is 2.39. The summed E-state index contributed by atoms with van der Waals surface area (Å²) in [7, 11) is 0. The van der Waals surface area contributed by atoms with Crippen molar-refractivity contribution in [2.75, 3.05) is 0 Å². The van der Waals surface area contributed by atoms with Crippen LogP contribution >= 0.6 is 0 Å². The maximum Gasteiger partial charge on any atom is 0.303 e. The van der Waals surface area contributed by atoms with E-state index < -0.39 is 5.97 Å². The van der Waals surface area contributed by atoms with Crippen LogP contribution in [0.25, 0.3) is 0 Å². The van der Waals surface area contributed by atoms with Crippen LogP contribution in [-0.4, -0.2) is 11.1 Å². The Morgan fingerprint density at radius 2 is 1.85 bits per heavy atom. The van der Waals surface area contributed by atoms with Gasteiger partial charge in [0, 0.05) is 6.42 Å². The fraction of sp³-hybridized carbons (Fsp3) is 0.545. The molecule has 70 valence electrons. The molecule has 0 amide bonds. The summed E-state index contributed by atoms with van der Waals surface area (Å²) in [5.74, 6) is -0.278. The van der Waals surface area contributed by atoms with Crippen LogP contribution in [0.1, 0.15) is 32.1 Å². The third-order valence-electron chi connectivity index (χ3n) is 2.93. The van der Waals surface area contributed by atoms with Crippen LogP contribution in [-0.2, 0) is 4.79 Å². The van der Waals surface area contributed by atoms with E-state index in [0.29, 0.717) is 12.3 Å². The van der Waals surface area contributed by atoms with Crippen molar-refractivity contribution in [1.82, 2.24) is 0 Å². The molecule has 0 radical (unpaired) electrons. The highest BCUT2D eigenvalue weighted by molar-refractivity contribution is 5.67. The summed E-state index contributed by atoms with van der Waals surface area (Å²) in [4.78, 5) is 10.5. The monoisotopic (exact) mass is 178 g/mol. The second-order valence-corrected chi connectivity index (χ2v) is 3.96. The molecule has 2 nitrogen and oxygen atoms in total. The summed E-state index contributed by atoms with van der Waals surface area (Å²) in [6.07, 6.45) is 8.89. The Labute approximate surface area is 78.0 Å². The molecule has 2 rings (SSSR count). The summed E-state index contributed by atoms with van der Waals surface area (Å²) in [5.41, 5.74) is 3.02. The van der Waals surface area contributed by atoms with Crippen LogP contribution in [0.2, 0.25) is 0 Å². The molecule has 0 unspecified atom stereocenters. The lowest BCUT2D eigenvalue weighted by molar-refractivity contribution is -0.138. The lowest BCUT2D eigenvalue weighted by Gasteiger charge is -2.06. The molecule has 2 aliphatic rings. The van der Waals surface area contributed by atoms with Crippen molar-refractivity contribution in [2.24, 2.45) is 5.92 Å². The molecule has 0 aromatic heterocycles. The zero-order chi connectivity index (χ0) is 9.26. The maximum atomic E-state index is 10.5. The number of carboxylic acid groups (broad SMARTS) is 1. The van der Waals surface area contributed by atoms with Crippen molar-refractivity contribution < 1.29 is 9.90 Å². The Hall–Kier alpha value is -1.05. The Bertz CT molecular complexity index is 266. The van der Waals surface area contributed by atoms with Crippen LogP contribution in [0, 0.1) is 5.92 Å².